The van der Waals surface area contributed by atoms with Crippen molar-refractivity contribution >= 4 is 11.2 Å². The van der Waals surface area contributed by atoms with Crippen molar-refractivity contribution < 1.29 is 4.74 Å². The standard InChI is InChI=1S/C23H26N6O/c1-5-30-23-18(10-8-12-25-23)19-13-20(26-14-17-9-6-7-11-24-17)22-21(15(2)3)27-16(4)29(22)28-19/h6-13,15,26H,5,14H2,1-4H3. The number of fused-ring (bicyclic) bond motifs is 1. The van der Waals surface area contributed by atoms with Gasteiger partial charge in [0, 0.05) is 12.4 Å². The van der Waals surface area contributed by atoms with Gasteiger partial charge in [-0.3, -0.25) is 4.98 Å². The predicted octanol–water partition coefficient (Wildman–Crippen LogP) is 4.63. The van der Waals surface area contributed by atoms with Crippen LogP contribution in [0.2, 0.25) is 0 Å². The second kappa shape index (κ2) is 8.49. The summed E-state index contributed by atoms with van der Waals surface area (Å²) in [6.07, 6.45) is 3.53. The summed E-state index contributed by atoms with van der Waals surface area (Å²) in [5, 5.41) is 8.43. The highest BCUT2D eigenvalue weighted by Gasteiger charge is 2.19. The molecule has 0 fully saturated rings. The molecule has 4 aromatic heterocycles. The van der Waals surface area contributed by atoms with E-state index in [2.05, 4.69) is 29.1 Å². The van der Waals surface area contributed by atoms with Crippen molar-refractivity contribution in [3.8, 4) is 17.1 Å². The van der Waals surface area contributed by atoms with Crippen LogP contribution >= 0.6 is 0 Å². The fraction of sp³-hybridized carbons (Fsp3) is 0.304. The Labute approximate surface area is 176 Å². The molecule has 4 aromatic rings. The predicted molar refractivity (Wildman–Crippen MR) is 118 cm³/mol. The SMILES string of the molecule is CCOc1ncccc1-c1cc(NCc2ccccn2)c2c(C(C)C)nc(C)n2n1. The van der Waals surface area contributed by atoms with Gasteiger partial charge in [0.05, 0.1) is 41.5 Å². The maximum absolute atomic E-state index is 5.74. The molecule has 0 aromatic carbocycles. The largest absolute Gasteiger partial charge is 0.477 e. The molecule has 0 spiro atoms. The van der Waals surface area contributed by atoms with Crippen LogP contribution < -0.4 is 10.1 Å². The van der Waals surface area contributed by atoms with Crippen LogP contribution in [0.25, 0.3) is 16.8 Å². The summed E-state index contributed by atoms with van der Waals surface area (Å²) in [5.74, 6) is 1.69. The summed E-state index contributed by atoms with van der Waals surface area (Å²) >= 11 is 0. The van der Waals surface area contributed by atoms with E-state index in [1.807, 2.05) is 54.8 Å². The number of anilines is 1. The van der Waals surface area contributed by atoms with Gasteiger partial charge in [0.2, 0.25) is 5.88 Å². The van der Waals surface area contributed by atoms with Crippen LogP contribution in [-0.4, -0.2) is 31.2 Å². The Bertz CT molecular complexity index is 1150. The third kappa shape index (κ3) is 3.83. The average Bonchev–Trinajstić information content (AvgIpc) is 3.10. The van der Waals surface area contributed by atoms with Crippen LogP contribution in [0.1, 0.15) is 43.9 Å². The maximum Gasteiger partial charge on any atom is 0.222 e. The highest BCUT2D eigenvalue weighted by Crippen LogP contribution is 2.33. The van der Waals surface area contributed by atoms with Crippen molar-refractivity contribution in [2.24, 2.45) is 0 Å². The molecule has 30 heavy (non-hydrogen) atoms. The number of nitrogens with one attached hydrogen (secondary N) is 1. The summed E-state index contributed by atoms with van der Waals surface area (Å²) in [5.41, 5.74) is 5.56. The van der Waals surface area contributed by atoms with E-state index in [0.717, 1.165) is 39.7 Å². The van der Waals surface area contributed by atoms with Gasteiger partial charge < -0.3 is 10.1 Å². The van der Waals surface area contributed by atoms with Gasteiger partial charge in [-0.2, -0.15) is 5.10 Å². The van der Waals surface area contributed by atoms with E-state index in [4.69, 9.17) is 14.8 Å². The summed E-state index contributed by atoms with van der Waals surface area (Å²) in [6.45, 7) is 9.36. The number of hydrogen-bond acceptors (Lipinski definition) is 6. The van der Waals surface area contributed by atoms with Gasteiger partial charge in [-0.25, -0.2) is 14.5 Å². The summed E-state index contributed by atoms with van der Waals surface area (Å²) < 4.78 is 7.65. The van der Waals surface area contributed by atoms with Crippen molar-refractivity contribution in [3.05, 3.63) is 66.0 Å². The number of ether oxygens (including phenoxy) is 1. The van der Waals surface area contributed by atoms with E-state index >= 15 is 0 Å². The number of imidazole rings is 1. The average molecular weight is 403 g/mol. The van der Waals surface area contributed by atoms with Crippen LogP contribution in [0.15, 0.2) is 48.8 Å². The quantitative estimate of drug-likeness (QED) is 0.486. The first-order valence-corrected chi connectivity index (χ1v) is 10.2. The maximum atomic E-state index is 5.74. The van der Waals surface area contributed by atoms with Crippen molar-refractivity contribution in [3.63, 3.8) is 0 Å². The highest BCUT2D eigenvalue weighted by atomic mass is 16.5. The first kappa shape index (κ1) is 19.8. The van der Waals surface area contributed by atoms with E-state index in [-0.39, 0.29) is 5.92 Å². The van der Waals surface area contributed by atoms with Gasteiger partial charge >= 0.3 is 0 Å². The molecule has 0 aliphatic heterocycles. The zero-order valence-electron chi connectivity index (χ0n) is 17.8. The number of nitrogens with zero attached hydrogens (tertiary/aromatic N) is 5. The fourth-order valence-corrected chi connectivity index (χ4v) is 3.46. The molecule has 0 aliphatic rings. The molecule has 0 saturated carbocycles. The normalized spacial score (nSPS) is 11.2. The molecule has 4 rings (SSSR count). The van der Waals surface area contributed by atoms with E-state index < -0.39 is 0 Å². The second-order valence-corrected chi connectivity index (χ2v) is 7.37. The molecular formula is C23H26N6O. The second-order valence-electron chi connectivity index (χ2n) is 7.37. The zero-order valence-corrected chi connectivity index (χ0v) is 17.8. The van der Waals surface area contributed by atoms with Crippen molar-refractivity contribution in [1.82, 2.24) is 24.6 Å². The lowest BCUT2D eigenvalue weighted by atomic mass is 10.1. The smallest absolute Gasteiger partial charge is 0.222 e. The fourth-order valence-electron chi connectivity index (χ4n) is 3.46. The number of aromatic nitrogens is 5. The Morgan fingerprint density at radius 3 is 2.67 bits per heavy atom. The molecule has 0 bridgehead atoms. The Balaban J connectivity index is 1.86. The molecule has 0 radical (unpaired) electrons. The molecule has 4 heterocycles. The number of pyridine rings is 2. The zero-order chi connectivity index (χ0) is 21.1. The van der Waals surface area contributed by atoms with Gasteiger partial charge in [0.1, 0.15) is 11.3 Å². The van der Waals surface area contributed by atoms with E-state index in [1.54, 1.807) is 12.4 Å². The van der Waals surface area contributed by atoms with E-state index in [0.29, 0.717) is 19.0 Å². The van der Waals surface area contributed by atoms with Crippen molar-refractivity contribution in [1.29, 1.82) is 0 Å². The topological polar surface area (TPSA) is 77.2 Å². The number of hydrogen-bond donors (Lipinski definition) is 1. The van der Waals surface area contributed by atoms with Gasteiger partial charge in [0.25, 0.3) is 0 Å². The van der Waals surface area contributed by atoms with Crippen LogP contribution in [0.5, 0.6) is 5.88 Å². The summed E-state index contributed by atoms with van der Waals surface area (Å²) in [6, 6.07) is 11.8. The number of aryl methyl sites for hydroxylation is 1. The minimum atomic E-state index is 0.272. The van der Waals surface area contributed by atoms with Gasteiger partial charge in [-0.1, -0.05) is 19.9 Å². The summed E-state index contributed by atoms with van der Waals surface area (Å²) in [7, 11) is 0. The lowest BCUT2D eigenvalue weighted by Gasteiger charge is -2.14. The Kier molecular flexibility index (Phi) is 5.61. The molecule has 7 nitrogen and oxygen atoms in total. The molecule has 0 aliphatic carbocycles. The molecule has 0 saturated heterocycles. The molecule has 1 N–H and O–H groups in total. The van der Waals surface area contributed by atoms with Crippen LogP contribution in [-0.2, 0) is 6.54 Å². The van der Waals surface area contributed by atoms with Gasteiger partial charge in [-0.05, 0) is 50.1 Å². The van der Waals surface area contributed by atoms with Crippen LogP contribution in [0.3, 0.4) is 0 Å². The minimum Gasteiger partial charge on any atom is -0.477 e. The van der Waals surface area contributed by atoms with E-state index in [1.165, 1.54) is 0 Å². The Morgan fingerprint density at radius 1 is 1.10 bits per heavy atom. The first-order valence-electron chi connectivity index (χ1n) is 10.2. The lowest BCUT2D eigenvalue weighted by molar-refractivity contribution is 0.328. The third-order valence-corrected chi connectivity index (χ3v) is 4.85. The third-order valence-electron chi connectivity index (χ3n) is 4.85. The Morgan fingerprint density at radius 2 is 1.93 bits per heavy atom. The highest BCUT2D eigenvalue weighted by molar-refractivity contribution is 5.80. The van der Waals surface area contributed by atoms with E-state index in [9.17, 15) is 0 Å². The Hall–Kier alpha value is -3.48. The molecule has 0 atom stereocenters. The van der Waals surface area contributed by atoms with Crippen LogP contribution in [0, 0.1) is 6.92 Å². The van der Waals surface area contributed by atoms with Crippen molar-refractivity contribution in [2.45, 2.75) is 40.2 Å². The molecule has 0 unspecified atom stereocenters. The molecule has 7 heteroatoms. The first-order chi connectivity index (χ1) is 14.6. The number of rotatable bonds is 7. The molecule has 154 valence electrons. The van der Waals surface area contributed by atoms with Gasteiger partial charge in [0.15, 0.2) is 0 Å². The van der Waals surface area contributed by atoms with Crippen LogP contribution in [0.4, 0.5) is 5.69 Å². The minimum absolute atomic E-state index is 0.272. The van der Waals surface area contributed by atoms with Gasteiger partial charge in [-0.15, -0.1) is 0 Å². The monoisotopic (exact) mass is 402 g/mol. The molecular weight excluding hydrogens is 376 g/mol. The van der Waals surface area contributed by atoms with Crippen molar-refractivity contribution in [2.75, 3.05) is 11.9 Å². The molecule has 0 amide bonds. The lowest BCUT2D eigenvalue weighted by Crippen LogP contribution is -2.07. The summed E-state index contributed by atoms with van der Waals surface area (Å²) in [4.78, 5) is 13.6.